The average Bonchev–Trinajstić information content (AvgIpc) is 3.13. The van der Waals surface area contributed by atoms with Crippen molar-refractivity contribution in [1.29, 1.82) is 0 Å². The summed E-state index contributed by atoms with van der Waals surface area (Å²) in [6.07, 6.45) is 0.364. The molecule has 8 nitrogen and oxygen atoms in total. The quantitative estimate of drug-likeness (QED) is 0.698. The SMILES string of the molecule is Cc1nnnn1CCC(=O)N(C)Cc1ccc2nsnc2c1. The van der Waals surface area contributed by atoms with E-state index in [0.717, 1.165) is 16.6 Å². The van der Waals surface area contributed by atoms with Crippen molar-refractivity contribution in [2.45, 2.75) is 26.4 Å². The van der Waals surface area contributed by atoms with Crippen molar-refractivity contribution in [1.82, 2.24) is 33.9 Å². The molecule has 114 valence electrons. The third-order valence-corrected chi connectivity index (χ3v) is 3.97. The lowest BCUT2D eigenvalue weighted by molar-refractivity contribution is -0.130. The van der Waals surface area contributed by atoms with Gasteiger partial charge in [0.25, 0.3) is 0 Å². The standard InChI is InChI=1S/C13H15N7OS/c1-9-14-17-18-20(9)6-5-13(21)19(2)8-10-3-4-11-12(7-10)16-22-15-11/h3-4,7H,5-6,8H2,1-2H3. The largest absolute Gasteiger partial charge is 0.341 e. The Bertz CT molecular complexity index is 796. The number of nitrogens with zero attached hydrogens (tertiary/aromatic N) is 7. The molecule has 0 saturated carbocycles. The lowest BCUT2D eigenvalue weighted by Gasteiger charge is -2.17. The van der Waals surface area contributed by atoms with E-state index in [-0.39, 0.29) is 5.91 Å². The molecule has 22 heavy (non-hydrogen) atoms. The van der Waals surface area contributed by atoms with Gasteiger partial charge in [-0.25, -0.2) is 4.68 Å². The lowest BCUT2D eigenvalue weighted by Crippen LogP contribution is -2.27. The minimum atomic E-state index is 0.0476. The van der Waals surface area contributed by atoms with Crippen LogP contribution >= 0.6 is 11.7 Å². The van der Waals surface area contributed by atoms with Crippen LogP contribution in [0.1, 0.15) is 17.8 Å². The van der Waals surface area contributed by atoms with Crippen LogP contribution in [0.4, 0.5) is 0 Å². The minimum absolute atomic E-state index is 0.0476. The van der Waals surface area contributed by atoms with E-state index in [1.54, 1.807) is 16.6 Å². The van der Waals surface area contributed by atoms with Gasteiger partial charge in [0.05, 0.1) is 18.3 Å². The van der Waals surface area contributed by atoms with Gasteiger partial charge in [0, 0.05) is 20.0 Å². The van der Waals surface area contributed by atoms with Crippen molar-refractivity contribution in [2.75, 3.05) is 7.05 Å². The van der Waals surface area contributed by atoms with E-state index < -0.39 is 0 Å². The van der Waals surface area contributed by atoms with Crippen LogP contribution in [0.15, 0.2) is 18.2 Å². The van der Waals surface area contributed by atoms with Gasteiger partial charge in [-0.05, 0) is 35.0 Å². The van der Waals surface area contributed by atoms with Gasteiger partial charge in [0.15, 0.2) is 0 Å². The van der Waals surface area contributed by atoms with E-state index in [0.29, 0.717) is 25.3 Å². The number of aryl methyl sites for hydroxylation is 2. The normalized spacial score (nSPS) is 11.0. The number of hydrogen-bond acceptors (Lipinski definition) is 7. The first-order chi connectivity index (χ1) is 10.6. The number of carbonyl (C=O) groups is 1. The van der Waals surface area contributed by atoms with Crippen molar-refractivity contribution >= 4 is 28.7 Å². The molecule has 3 aromatic rings. The molecule has 0 aliphatic heterocycles. The first-order valence-corrected chi connectivity index (χ1v) is 7.54. The van der Waals surface area contributed by atoms with Gasteiger partial charge in [0.1, 0.15) is 16.9 Å². The van der Waals surface area contributed by atoms with Crippen LogP contribution in [0.5, 0.6) is 0 Å². The fourth-order valence-corrected chi connectivity index (χ4v) is 2.65. The number of benzene rings is 1. The lowest BCUT2D eigenvalue weighted by atomic mass is 10.2. The van der Waals surface area contributed by atoms with Gasteiger partial charge in [-0.1, -0.05) is 6.07 Å². The smallest absolute Gasteiger partial charge is 0.224 e. The summed E-state index contributed by atoms with van der Waals surface area (Å²) >= 11 is 1.19. The number of amides is 1. The second kappa shape index (κ2) is 6.14. The highest BCUT2D eigenvalue weighted by atomic mass is 32.1. The summed E-state index contributed by atoms with van der Waals surface area (Å²) in [5.74, 6) is 0.753. The highest BCUT2D eigenvalue weighted by Gasteiger charge is 2.11. The Morgan fingerprint density at radius 1 is 1.32 bits per heavy atom. The van der Waals surface area contributed by atoms with Crippen molar-refractivity contribution in [3.8, 4) is 0 Å². The number of tetrazole rings is 1. The van der Waals surface area contributed by atoms with Gasteiger partial charge in [-0.3, -0.25) is 4.79 Å². The van der Waals surface area contributed by atoms with Crippen molar-refractivity contribution in [2.24, 2.45) is 0 Å². The second-order valence-electron chi connectivity index (χ2n) is 5.04. The molecule has 0 bridgehead atoms. The van der Waals surface area contributed by atoms with E-state index >= 15 is 0 Å². The van der Waals surface area contributed by atoms with Crippen LogP contribution in [0.2, 0.25) is 0 Å². The molecule has 0 N–H and O–H groups in total. The Morgan fingerprint density at radius 3 is 2.91 bits per heavy atom. The summed E-state index contributed by atoms with van der Waals surface area (Å²) in [6.45, 7) is 2.84. The predicted molar refractivity (Wildman–Crippen MR) is 81.1 cm³/mol. The first kappa shape index (κ1) is 14.5. The summed E-state index contributed by atoms with van der Waals surface area (Å²) in [5.41, 5.74) is 2.79. The van der Waals surface area contributed by atoms with E-state index in [1.807, 2.05) is 25.1 Å². The molecule has 0 radical (unpaired) electrons. The molecule has 1 amide bonds. The minimum Gasteiger partial charge on any atom is -0.341 e. The molecule has 0 atom stereocenters. The van der Waals surface area contributed by atoms with Crippen LogP contribution in [-0.2, 0) is 17.9 Å². The number of hydrogen-bond donors (Lipinski definition) is 0. The molecule has 0 unspecified atom stereocenters. The summed E-state index contributed by atoms with van der Waals surface area (Å²) in [6, 6.07) is 5.87. The van der Waals surface area contributed by atoms with Gasteiger partial charge in [0.2, 0.25) is 5.91 Å². The van der Waals surface area contributed by atoms with Crippen LogP contribution in [-0.4, -0.2) is 46.8 Å². The van der Waals surface area contributed by atoms with E-state index in [1.165, 1.54) is 11.7 Å². The van der Waals surface area contributed by atoms with Crippen molar-refractivity contribution in [3.63, 3.8) is 0 Å². The zero-order chi connectivity index (χ0) is 15.5. The van der Waals surface area contributed by atoms with E-state index in [9.17, 15) is 4.79 Å². The molecular formula is C13H15N7OS. The van der Waals surface area contributed by atoms with Crippen LogP contribution in [0.3, 0.4) is 0 Å². The molecule has 9 heteroatoms. The Hall–Kier alpha value is -2.42. The number of fused-ring (bicyclic) bond motifs is 1. The topological polar surface area (TPSA) is 89.7 Å². The monoisotopic (exact) mass is 317 g/mol. The van der Waals surface area contributed by atoms with Crippen LogP contribution in [0.25, 0.3) is 11.0 Å². The molecule has 0 spiro atoms. The Morgan fingerprint density at radius 2 is 2.14 bits per heavy atom. The molecule has 0 aliphatic rings. The zero-order valence-electron chi connectivity index (χ0n) is 12.3. The third-order valence-electron chi connectivity index (χ3n) is 3.41. The number of carbonyl (C=O) groups excluding carboxylic acids is 1. The summed E-state index contributed by atoms with van der Waals surface area (Å²) < 4.78 is 10.0. The molecular weight excluding hydrogens is 302 g/mol. The highest BCUT2D eigenvalue weighted by Crippen LogP contribution is 2.15. The maximum Gasteiger partial charge on any atom is 0.224 e. The molecule has 2 aromatic heterocycles. The maximum absolute atomic E-state index is 12.2. The second-order valence-corrected chi connectivity index (χ2v) is 5.56. The number of aromatic nitrogens is 6. The highest BCUT2D eigenvalue weighted by molar-refractivity contribution is 7.00. The molecule has 0 saturated heterocycles. The Kier molecular flexibility index (Phi) is 4.05. The molecule has 0 aliphatic carbocycles. The molecule has 0 fully saturated rings. The van der Waals surface area contributed by atoms with Crippen molar-refractivity contribution in [3.05, 3.63) is 29.6 Å². The predicted octanol–water partition coefficient (Wildman–Crippen LogP) is 1.03. The number of rotatable bonds is 5. The fourth-order valence-electron chi connectivity index (χ4n) is 2.14. The van der Waals surface area contributed by atoms with Gasteiger partial charge in [-0.15, -0.1) is 5.10 Å². The van der Waals surface area contributed by atoms with Gasteiger partial charge >= 0.3 is 0 Å². The molecule has 1 aromatic carbocycles. The first-order valence-electron chi connectivity index (χ1n) is 6.81. The van der Waals surface area contributed by atoms with Gasteiger partial charge in [-0.2, -0.15) is 8.75 Å². The van der Waals surface area contributed by atoms with E-state index in [2.05, 4.69) is 24.3 Å². The van der Waals surface area contributed by atoms with Crippen LogP contribution in [0, 0.1) is 6.92 Å². The van der Waals surface area contributed by atoms with E-state index in [4.69, 9.17) is 0 Å². The van der Waals surface area contributed by atoms with Crippen molar-refractivity contribution < 1.29 is 4.79 Å². The Balaban J connectivity index is 1.59. The summed E-state index contributed by atoms with van der Waals surface area (Å²) in [4.78, 5) is 13.9. The summed E-state index contributed by atoms with van der Waals surface area (Å²) in [5, 5.41) is 11.2. The van der Waals surface area contributed by atoms with Crippen LogP contribution < -0.4 is 0 Å². The fraction of sp³-hybridized carbons (Fsp3) is 0.385. The third kappa shape index (κ3) is 3.08. The Labute approximate surface area is 131 Å². The zero-order valence-corrected chi connectivity index (χ0v) is 13.1. The summed E-state index contributed by atoms with van der Waals surface area (Å²) in [7, 11) is 1.79. The molecule has 3 rings (SSSR count). The molecule has 2 heterocycles. The maximum atomic E-state index is 12.2. The van der Waals surface area contributed by atoms with Gasteiger partial charge < -0.3 is 4.90 Å². The average molecular weight is 317 g/mol.